The molecule has 4 bridgehead atoms. The summed E-state index contributed by atoms with van der Waals surface area (Å²) in [7, 11) is 1.47. The first-order valence-corrected chi connectivity index (χ1v) is 20.2. The molecule has 0 aromatic heterocycles. The molecule has 1 aliphatic heterocycles. The summed E-state index contributed by atoms with van der Waals surface area (Å²) in [5, 5.41) is 16.4. The molecule has 10 nitrogen and oxygen atoms in total. The van der Waals surface area contributed by atoms with Gasteiger partial charge in [-0.1, -0.05) is 89.0 Å². The van der Waals surface area contributed by atoms with Crippen molar-refractivity contribution < 1.29 is 29.0 Å². The van der Waals surface area contributed by atoms with Crippen molar-refractivity contribution in [3.8, 4) is 22.6 Å². The molecule has 0 saturated heterocycles. The van der Waals surface area contributed by atoms with Gasteiger partial charge in [0.2, 0.25) is 11.8 Å². The van der Waals surface area contributed by atoms with E-state index < -0.39 is 11.6 Å². The lowest BCUT2D eigenvalue weighted by Gasteiger charge is -2.33. The second-order valence-corrected chi connectivity index (χ2v) is 15.7. The fourth-order valence-electron chi connectivity index (χ4n) is 7.13. The summed E-state index contributed by atoms with van der Waals surface area (Å²) in [4.78, 5) is 59.2. The Morgan fingerprint density at radius 2 is 1.33 bits per heavy atom. The average Bonchev–Trinajstić information content (AvgIpc) is 3.16. The SMILES string of the molecule is CCCCCCCCCCCCNC(=O)C(c1ccc(O)cc1OC)N1CCCCN(CC(=O)NC(C)(C)C)C(=O)c2cccc(c2)-c2cccc(c2)C1=O. The molecule has 298 valence electrons. The van der Waals surface area contributed by atoms with Crippen molar-refractivity contribution in [3.05, 3.63) is 83.4 Å². The van der Waals surface area contributed by atoms with Gasteiger partial charge in [0.1, 0.15) is 17.5 Å². The lowest BCUT2D eigenvalue weighted by atomic mass is 9.97. The quantitative estimate of drug-likeness (QED) is 0.119. The van der Waals surface area contributed by atoms with E-state index in [-0.39, 0.29) is 49.0 Å². The minimum Gasteiger partial charge on any atom is -0.508 e. The third kappa shape index (κ3) is 13.1. The van der Waals surface area contributed by atoms with Crippen molar-refractivity contribution in [1.29, 1.82) is 0 Å². The molecule has 4 rings (SSSR count). The Balaban J connectivity index is 1.63. The Labute approximate surface area is 328 Å². The van der Waals surface area contributed by atoms with Gasteiger partial charge >= 0.3 is 0 Å². The van der Waals surface area contributed by atoms with Crippen LogP contribution in [0.15, 0.2) is 66.7 Å². The number of phenols is 1. The number of aromatic hydroxyl groups is 1. The summed E-state index contributed by atoms with van der Waals surface area (Å²) in [6, 6.07) is 17.9. The Morgan fingerprint density at radius 3 is 1.93 bits per heavy atom. The van der Waals surface area contributed by atoms with Crippen molar-refractivity contribution in [2.24, 2.45) is 0 Å². The summed E-state index contributed by atoms with van der Waals surface area (Å²) in [5.41, 5.74) is 2.32. The molecule has 3 N–H and O–H groups in total. The number of hydrogen-bond donors (Lipinski definition) is 3. The Hall–Kier alpha value is -4.86. The third-order valence-electron chi connectivity index (χ3n) is 9.93. The first kappa shape index (κ1) is 42.9. The highest BCUT2D eigenvalue weighted by atomic mass is 16.5. The van der Waals surface area contributed by atoms with Crippen molar-refractivity contribution in [2.45, 2.75) is 116 Å². The second-order valence-electron chi connectivity index (χ2n) is 15.7. The van der Waals surface area contributed by atoms with Crippen LogP contribution in [0.5, 0.6) is 11.5 Å². The summed E-state index contributed by atoms with van der Waals surface area (Å²) < 4.78 is 5.67. The van der Waals surface area contributed by atoms with Crippen molar-refractivity contribution in [2.75, 3.05) is 33.3 Å². The van der Waals surface area contributed by atoms with Gasteiger partial charge in [-0.3, -0.25) is 19.2 Å². The van der Waals surface area contributed by atoms with Gasteiger partial charge in [-0.25, -0.2) is 0 Å². The normalized spacial score (nSPS) is 14.3. The van der Waals surface area contributed by atoms with E-state index in [1.807, 2.05) is 32.9 Å². The first-order chi connectivity index (χ1) is 26.4. The Morgan fingerprint density at radius 1 is 0.764 bits per heavy atom. The molecule has 0 spiro atoms. The van der Waals surface area contributed by atoms with Gasteiger partial charge in [-0.05, 0) is 87.6 Å². The highest BCUT2D eigenvalue weighted by Crippen LogP contribution is 2.34. The fraction of sp³-hybridized carbons (Fsp3) is 0.511. The molecule has 0 radical (unpaired) electrons. The minimum absolute atomic E-state index is 0.0207. The summed E-state index contributed by atoms with van der Waals surface area (Å²) in [5.74, 6) is -0.923. The van der Waals surface area contributed by atoms with Gasteiger partial charge in [0.25, 0.3) is 11.8 Å². The van der Waals surface area contributed by atoms with Crippen LogP contribution in [0, 0.1) is 0 Å². The zero-order chi connectivity index (χ0) is 39.8. The lowest BCUT2D eigenvalue weighted by molar-refractivity contribution is -0.126. The number of nitrogens with zero attached hydrogens (tertiary/aromatic N) is 2. The van der Waals surface area contributed by atoms with Crippen LogP contribution in [0.1, 0.15) is 137 Å². The number of fused-ring (bicyclic) bond motifs is 5. The molecule has 4 amide bonds. The van der Waals surface area contributed by atoms with Crippen LogP contribution in [0.2, 0.25) is 0 Å². The van der Waals surface area contributed by atoms with E-state index in [1.54, 1.807) is 52.3 Å². The molecule has 0 saturated carbocycles. The molecule has 1 heterocycles. The predicted molar refractivity (Wildman–Crippen MR) is 218 cm³/mol. The zero-order valence-corrected chi connectivity index (χ0v) is 33.6. The van der Waals surface area contributed by atoms with Crippen LogP contribution in [0.25, 0.3) is 11.1 Å². The maximum atomic E-state index is 14.7. The number of phenolic OH excluding ortho intramolecular Hbond substituents is 1. The maximum Gasteiger partial charge on any atom is 0.254 e. The summed E-state index contributed by atoms with van der Waals surface area (Å²) in [6.45, 7) is 8.72. The molecule has 1 atom stereocenters. The topological polar surface area (TPSA) is 128 Å². The maximum absolute atomic E-state index is 14.7. The summed E-state index contributed by atoms with van der Waals surface area (Å²) in [6.07, 6.45) is 12.7. The fourth-order valence-corrected chi connectivity index (χ4v) is 7.13. The van der Waals surface area contributed by atoms with Gasteiger partial charge in [0.15, 0.2) is 0 Å². The van der Waals surface area contributed by atoms with Crippen LogP contribution >= 0.6 is 0 Å². The van der Waals surface area contributed by atoms with Crippen LogP contribution in [0.3, 0.4) is 0 Å². The molecule has 55 heavy (non-hydrogen) atoms. The van der Waals surface area contributed by atoms with Crippen LogP contribution in [0.4, 0.5) is 0 Å². The van der Waals surface area contributed by atoms with Gasteiger partial charge < -0.3 is 30.3 Å². The second kappa shape index (κ2) is 21.3. The molecule has 3 aromatic rings. The van der Waals surface area contributed by atoms with E-state index in [0.29, 0.717) is 41.8 Å². The van der Waals surface area contributed by atoms with Gasteiger partial charge in [0.05, 0.1) is 13.7 Å². The number of hydrogen-bond acceptors (Lipinski definition) is 6. The van der Waals surface area contributed by atoms with Crippen LogP contribution in [-0.2, 0) is 9.59 Å². The smallest absolute Gasteiger partial charge is 0.254 e. The van der Waals surface area contributed by atoms with Crippen LogP contribution < -0.4 is 15.4 Å². The predicted octanol–water partition coefficient (Wildman–Crippen LogP) is 8.44. The number of rotatable bonds is 17. The number of ether oxygens (including phenoxy) is 1. The van der Waals surface area contributed by atoms with E-state index in [1.165, 1.54) is 64.2 Å². The standard InChI is InChI=1S/C45H62N4O6/c1-6-7-8-9-10-11-12-13-14-15-26-46-42(52)41(38-25-24-37(50)31-39(38)55-5)49-28-17-16-27-48(32-40(51)47-45(2,3)4)43(53)35-22-18-20-33(29-35)34-21-19-23-36(30-34)44(49)54/h18-25,29-31,41,50H,6-17,26-28,32H2,1-5H3,(H,46,52)(H,47,51). The average molecular weight is 755 g/mol. The van der Waals surface area contributed by atoms with E-state index >= 15 is 0 Å². The highest BCUT2D eigenvalue weighted by Gasteiger charge is 2.34. The third-order valence-corrected chi connectivity index (χ3v) is 9.93. The van der Waals surface area contributed by atoms with Gasteiger partial charge in [0, 0.05) is 47.9 Å². The van der Waals surface area contributed by atoms with Crippen molar-refractivity contribution in [3.63, 3.8) is 0 Å². The summed E-state index contributed by atoms with van der Waals surface area (Å²) >= 11 is 0. The van der Waals surface area contributed by atoms with E-state index in [9.17, 15) is 24.3 Å². The number of nitrogens with one attached hydrogen (secondary N) is 2. The molecule has 3 aromatic carbocycles. The zero-order valence-electron chi connectivity index (χ0n) is 33.6. The molecular weight excluding hydrogens is 693 g/mol. The van der Waals surface area contributed by atoms with Gasteiger partial charge in [-0.2, -0.15) is 0 Å². The lowest BCUT2D eigenvalue weighted by Crippen LogP contribution is -2.47. The van der Waals surface area contributed by atoms with E-state index in [4.69, 9.17) is 4.74 Å². The van der Waals surface area contributed by atoms with Crippen molar-refractivity contribution >= 4 is 23.6 Å². The molecule has 1 aliphatic rings. The number of benzene rings is 3. The van der Waals surface area contributed by atoms with Crippen LogP contribution in [-0.4, -0.2) is 77.4 Å². The number of carbonyl (C=O) groups is 4. The first-order valence-electron chi connectivity index (χ1n) is 20.2. The number of methoxy groups -OCH3 is 1. The molecular formula is C45H62N4O6. The Bertz CT molecular complexity index is 1730. The monoisotopic (exact) mass is 754 g/mol. The molecule has 1 unspecified atom stereocenters. The van der Waals surface area contributed by atoms with E-state index in [2.05, 4.69) is 17.6 Å². The number of carbonyl (C=O) groups excluding carboxylic acids is 4. The van der Waals surface area contributed by atoms with E-state index in [0.717, 1.165) is 30.4 Å². The Kier molecular flexibility index (Phi) is 16.6. The molecule has 10 heteroatoms. The van der Waals surface area contributed by atoms with Gasteiger partial charge in [-0.15, -0.1) is 0 Å². The molecule has 0 fully saturated rings. The number of amides is 4. The largest absolute Gasteiger partial charge is 0.508 e. The van der Waals surface area contributed by atoms with Crippen molar-refractivity contribution in [1.82, 2.24) is 20.4 Å². The number of unbranched alkanes of at least 4 members (excludes halogenated alkanes) is 9. The minimum atomic E-state index is -1.07. The molecule has 0 aliphatic carbocycles. The highest BCUT2D eigenvalue weighted by molar-refractivity contribution is 6.00.